The lowest BCUT2D eigenvalue weighted by molar-refractivity contribution is -0.141. The van der Waals surface area contributed by atoms with Crippen LogP contribution in [0.3, 0.4) is 0 Å². The third-order valence-electron chi connectivity index (χ3n) is 1.58. The molecule has 1 unspecified atom stereocenters. The van der Waals surface area contributed by atoms with Gasteiger partial charge < -0.3 is 15.7 Å². The number of carboxylic acids is 1. The first-order valence-electron chi connectivity index (χ1n) is 4.95. The number of hydrogen-bond acceptors (Lipinski definition) is 3. The zero-order valence-corrected chi connectivity index (χ0v) is 9.96. The molecule has 6 nitrogen and oxygen atoms in total. The van der Waals surface area contributed by atoms with Gasteiger partial charge in [-0.1, -0.05) is 0 Å². The quantitative estimate of drug-likeness (QED) is 0.587. The summed E-state index contributed by atoms with van der Waals surface area (Å²) >= 11 is 0. The zero-order chi connectivity index (χ0) is 12.9. The summed E-state index contributed by atoms with van der Waals surface area (Å²) in [6.07, 6.45) is -0.632. The minimum atomic E-state index is -1.22. The van der Waals surface area contributed by atoms with Crippen LogP contribution in [0, 0.1) is 0 Å². The molecule has 0 aliphatic rings. The Labute approximate surface area is 94.4 Å². The molecule has 0 fully saturated rings. The van der Waals surface area contributed by atoms with Crippen LogP contribution in [0.25, 0.3) is 0 Å². The average Bonchev–Trinajstić information content (AvgIpc) is 1.98. The van der Waals surface area contributed by atoms with Gasteiger partial charge >= 0.3 is 5.97 Å². The lowest BCUT2D eigenvalue weighted by Crippen LogP contribution is -2.51. The van der Waals surface area contributed by atoms with Crippen molar-refractivity contribution in [3.63, 3.8) is 0 Å². The number of aliphatic carboxylic acids is 1. The van der Waals surface area contributed by atoms with Gasteiger partial charge in [0.15, 0.2) is 0 Å². The second kappa shape index (κ2) is 5.48. The van der Waals surface area contributed by atoms with Crippen LogP contribution in [0.5, 0.6) is 0 Å². The SMILES string of the molecule is CC(NC(=O)CC(=O)O)C(=O)NC(C)(C)C. The number of amides is 2. The molecule has 6 heteroatoms. The van der Waals surface area contributed by atoms with E-state index in [9.17, 15) is 14.4 Å². The van der Waals surface area contributed by atoms with Crippen molar-refractivity contribution in [3.8, 4) is 0 Å². The van der Waals surface area contributed by atoms with Crippen LogP contribution < -0.4 is 10.6 Å². The van der Waals surface area contributed by atoms with Crippen molar-refractivity contribution in [1.82, 2.24) is 10.6 Å². The monoisotopic (exact) mass is 230 g/mol. The number of carbonyl (C=O) groups excluding carboxylic acids is 2. The van der Waals surface area contributed by atoms with Crippen molar-refractivity contribution in [2.75, 3.05) is 0 Å². The summed E-state index contributed by atoms with van der Waals surface area (Å²) in [5.41, 5.74) is -0.386. The second-order valence-corrected chi connectivity index (χ2v) is 4.60. The maximum Gasteiger partial charge on any atom is 0.312 e. The van der Waals surface area contributed by atoms with Gasteiger partial charge in [0, 0.05) is 5.54 Å². The summed E-state index contributed by atoms with van der Waals surface area (Å²) in [6.45, 7) is 6.95. The highest BCUT2D eigenvalue weighted by Gasteiger charge is 2.21. The van der Waals surface area contributed by atoms with Crippen LogP contribution in [0.2, 0.25) is 0 Å². The lowest BCUT2D eigenvalue weighted by Gasteiger charge is -2.23. The van der Waals surface area contributed by atoms with Crippen LogP contribution >= 0.6 is 0 Å². The fourth-order valence-corrected chi connectivity index (χ4v) is 0.973. The molecule has 92 valence electrons. The summed E-state index contributed by atoms with van der Waals surface area (Å²) in [5, 5.41) is 13.3. The van der Waals surface area contributed by atoms with E-state index in [1.54, 1.807) is 0 Å². The summed E-state index contributed by atoms with van der Waals surface area (Å²) in [4.78, 5) is 32.8. The third kappa shape index (κ3) is 6.80. The largest absolute Gasteiger partial charge is 0.481 e. The molecule has 0 saturated carbocycles. The van der Waals surface area contributed by atoms with E-state index in [-0.39, 0.29) is 11.4 Å². The molecule has 0 aromatic heterocycles. The number of carbonyl (C=O) groups is 3. The number of hydrogen-bond donors (Lipinski definition) is 3. The first kappa shape index (κ1) is 14.4. The van der Waals surface area contributed by atoms with Crippen LogP contribution in [0.4, 0.5) is 0 Å². The minimum absolute atomic E-state index is 0.341. The van der Waals surface area contributed by atoms with Gasteiger partial charge in [0.05, 0.1) is 0 Å². The van der Waals surface area contributed by atoms with Crippen LogP contribution in [0.15, 0.2) is 0 Å². The van der Waals surface area contributed by atoms with E-state index < -0.39 is 24.3 Å². The third-order valence-corrected chi connectivity index (χ3v) is 1.58. The minimum Gasteiger partial charge on any atom is -0.481 e. The topological polar surface area (TPSA) is 95.5 Å². The summed E-state index contributed by atoms with van der Waals surface area (Å²) in [5.74, 6) is -2.24. The smallest absolute Gasteiger partial charge is 0.312 e. The summed E-state index contributed by atoms with van der Waals surface area (Å²) in [6, 6.07) is -0.744. The number of nitrogens with one attached hydrogen (secondary N) is 2. The molecule has 3 N–H and O–H groups in total. The highest BCUT2D eigenvalue weighted by molar-refractivity contribution is 5.96. The molecule has 0 rings (SSSR count). The molecule has 1 atom stereocenters. The Morgan fingerprint density at radius 2 is 1.75 bits per heavy atom. The first-order valence-corrected chi connectivity index (χ1v) is 4.95. The Hall–Kier alpha value is -1.59. The van der Waals surface area contributed by atoms with E-state index >= 15 is 0 Å². The molecule has 2 amide bonds. The van der Waals surface area contributed by atoms with Gasteiger partial charge in [-0.15, -0.1) is 0 Å². The van der Waals surface area contributed by atoms with Crippen molar-refractivity contribution in [2.45, 2.75) is 45.7 Å². The molecule has 0 aromatic rings. The fraction of sp³-hybridized carbons (Fsp3) is 0.700. The predicted molar refractivity (Wildman–Crippen MR) is 57.8 cm³/mol. The first-order chi connectivity index (χ1) is 7.11. The van der Waals surface area contributed by atoms with Gasteiger partial charge in [-0.3, -0.25) is 14.4 Å². The highest BCUT2D eigenvalue weighted by atomic mass is 16.4. The Kier molecular flexibility index (Phi) is 4.94. The molecule has 0 spiro atoms. The molecule has 0 radical (unpaired) electrons. The zero-order valence-electron chi connectivity index (χ0n) is 9.96. The molecule has 16 heavy (non-hydrogen) atoms. The van der Waals surface area contributed by atoms with Crippen molar-refractivity contribution in [3.05, 3.63) is 0 Å². The van der Waals surface area contributed by atoms with Gasteiger partial charge in [0.25, 0.3) is 0 Å². The second-order valence-electron chi connectivity index (χ2n) is 4.60. The summed E-state index contributed by atoms with van der Waals surface area (Å²) < 4.78 is 0. The number of carboxylic acid groups (broad SMARTS) is 1. The van der Waals surface area contributed by atoms with Crippen LogP contribution in [-0.2, 0) is 14.4 Å². The van der Waals surface area contributed by atoms with E-state index in [1.807, 2.05) is 20.8 Å². The Bertz CT molecular complexity index is 294. The molecule has 0 bridgehead atoms. The number of rotatable bonds is 4. The molecular weight excluding hydrogens is 212 g/mol. The maximum atomic E-state index is 11.5. The molecule has 0 heterocycles. The van der Waals surface area contributed by atoms with E-state index in [0.29, 0.717) is 0 Å². The Morgan fingerprint density at radius 3 is 2.12 bits per heavy atom. The van der Waals surface area contributed by atoms with Crippen molar-refractivity contribution >= 4 is 17.8 Å². The van der Waals surface area contributed by atoms with Crippen molar-refractivity contribution in [1.29, 1.82) is 0 Å². The van der Waals surface area contributed by atoms with E-state index in [0.717, 1.165) is 0 Å². The van der Waals surface area contributed by atoms with Gasteiger partial charge in [-0.2, -0.15) is 0 Å². The van der Waals surface area contributed by atoms with Gasteiger partial charge in [-0.25, -0.2) is 0 Å². The summed E-state index contributed by atoms with van der Waals surface area (Å²) in [7, 11) is 0. The normalized spacial score (nSPS) is 12.8. The van der Waals surface area contributed by atoms with Gasteiger partial charge in [-0.05, 0) is 27.7 Å². The highest BCUT2D eigenvalue weighted by Crippen LogP contribution is 1.99. The maximum absolute atomic E-state index is 11.5. The fourth-order valence-electron chi connectivity index (χ4n) is 0.973. The Morgan fingerprint density at radius 1 is 1.25 bits per heavy atom. The predicted octanol–water partition coefficient (Wildman–Crippen LogP) is -0.120. The van der Waals surface area contributed by atoms with E-state index in [1.165, 1.54) is 6.92 Å². The molecule has 0 aromatic carbocycles. The molecular formula is C10H18N2O4. The lowest BCUT2D eigenvalue weighted by atomic mass is 10.1. The van der Waals surface area contributed by atoms with Crippen molar-refractivity contribution < 1.29 is 19.5 Å². The van der Waals surface area contributed by atoms with E-state index in [2.05, 4.69) is 10.6 Å². The standard InChI is InChI=1S/C10H18N2O4/c1-6(9(16)12-10(2,3)4)11-7(13)5-8(14)15/h6H,5H2,1-4H3,(H,11,13)(H,12,16)(H,14,15). The molecule has 0 aliphatic carbocycles. The Balaban J connectivity index is 4.16. The van der Waals surface area contributed by atoms with Gasteiger partial charge in [0.2, 0.25) is 11.8 Å². The average molecular weight is 230 g/mol. The van der Waals surface area contributed by atoms with Crippen molar-refractivity contribution in [2.24, 2.45) is 0 Å². The molecule has 0 saturated heterocycles. The van der Waals surface area contributed by atoms with E-state index in [4.69, 9.17) is 5.11 Å². The molecule has 0 aliphatic heterocycles. The van der Waals surface area contributed by atoms with Crippen LogP contribution in [0.1, 0.15) is 34.1 Å². The van der Waals surface area contributed by atoms with Crippen LogP contribution in [-0.4, -0.2) is 34.5 Å². The van der Waals surface area contributed by atoms with Gasteiger partial charge in [0.1, 0.15) is 12.5 Å².